The van der Waals surface area contributed by atoms with Crippen molar-refractivity contribution in [1.82, 2.24) is 0 Å². The smallest absolute Gasteiger partial charge is 0.316 e. The molecule has 0 aliphatic rings. The Morgan fingerprint density at radius 1 is 1.38 bits per heavy atom. The van der Waals surface area contributed by atoms with Crippen LogP contribution in [0.25, 0.3) is 0 Å². The lowest BCUT2D eigenvalue weighted by molar-refractivity contribution is -0.163. The van der Waals surface area contributed by atoms with E-state index in [1.165, 1.54) is 0 Å². The Morgan fingerprint density at radius 2 is 1.85 bits per heavy atom. The molecular weight excluding hydrogens is 164 g/mol. The van der Waals surface area contributed by atoms with Gasteiger partial charge in [0.1, 0.15) is 5.60 Å². The molecule has 13 heavy (non-hydrogen) atoms. The van der Waals surface area contributed by atoms with Crippen molar-refractivity contribution in [1.29, 1.82) is 0 Å². The van der Waals surface area contributed by atoms with Gasteiger partial charge in [-0.25, -0.2) is 0 Å². The summed E-state index contributed by atoms with van der Waals surface area (Å²) in [5.74, 6) is -0.197. The second-order valence-corrected chi connectivity index (χ2v) is 4.48. The Labute approximate surface area is 81.0 Å². The topological polar surface area (TPSA) is 26.3 Å². The van der Waals surface area contributed by atoms with Gasteiger partial charge in [0.25, 0.3) is 0 Å². The van der Waals surface area contributed by atoms with Crippen LogP contribution in [0.2, 0.25) is 0 Å². The lowest BCUT2D eigenvalue weighted by Crippen LogP contribution is -2.34. The molecule has 0 fully saturated rings. The van der Waals surface area contributed by atoms with Crippen LogP contribution in [-0.4, -0.2) is 11.6 Å². The van der Waals surface area contributed by atoms with Crippen LogP contribution in [-0.2, 0) is 9.53 Å². The quantitative estimate of drug-likeness (QED) is 0.498. The minimum atomic E-state index is -0.548. The monoisotopic (exact) mass is 184 g/mol. The van der Waals surface area contributed by atoms with E-state index in [1.807, 2.05) is 34.6 Å². The first-order chi connectivity index (χ1) is 5.75. The van der Waals surface area contributed by atoms with Crippen molar-refractivity contribution < 1.29 is 9.53 Å². The average Bonchev–Trinajstić information content (AvgIpc) is 2.00. The summed E-state index contributed by atoms with van der Waals surface area (Å²) in [6.07, 6.45) is 2.37. The van der Waals surface area contributed by atoms with Crippen LogP contribution in [0.15, 0.2) is 12.7 Å². The zero-order chi connectivity index (χ0) is 10.7. The highest BCUT2D eigenvalue weighted by Gasteiger charge is 2.32. The molecule has 0 aromatic carbocycles. The molecule has 0 aromatic heterocycles. The van der Waals surface area contributed by atoms with Gasteiger partial charge in [0.15, 0.2) is 0 Å². The van der Waals surface area contributed by atoms with Gasteiger partial charge in [-0.15, -0.1) is 6.58 Å². The van der Waals surface area contributed by atoms with E-state index in [-0.39, 0.29) is 5.97 Å². The van der Waals surface area contributed by atoms with Crippen LogP contribution in [0.5, 0.6) is 0 Å². The Hall–Kier alpha value is -0.790. The van der Waals surface area contributed by atoms with Crippen molar-refractivity contribution in [2.75, 3.05) is 0 Å². The Morgan fingerprint density at radius 3 is 2.08 bits per heavy atom. The molecule has 0 N–H and O–H groups in total. The van der Waals surface area contributed by atoms with E-state index in [9.17, 15) is 4.79 Å². The zero-order valence-electron chi connectivity index (χ0n) is 9.31. The van der Waals surface area contributed by atoms with Crippen molar-refractivity contribution in [3.63, 3.8) is 0 Å². The van der Waals surface area contributed by atoms with Crippen LogP contribution in [0.4, 0.5) is 0 Å². The van der Waals surface area contributed by atoms with Crippen LogP contribution in [0.1, 0.15) is 41.0 Å². The molecule has 0 saturated carbocycles. The van der Waals surface area contributed by atoms with Gasteiger partial charge in [-0.3, -0.25) is 4.79 Å². The highest BCUT2D eigenvalue weighted by molar-refractivity contribution is 5.78. The second kappa shape index (κ2) is 3.95. The summed E-state index contributed by atoms with van der Waals surface area (Å²) in [4.78, 5) is 11.6. The standard InChI is InChI=1S/C11H20O2/c1-7-11(6,8-2)9(12)13-10(3,4)5/h7H,1,8H2,2-6H3/t11-/m1/s1. The molecule has 0 bridgehead atoms. The lowest BCUT2D eigenvalue weighted by Gasteiger charge is -2.27. The van der Waals surface area contributed by atoms with Crippen molar-refractivity contribution in [2.45, 2.75) is 46.6 Å². The fourth-order valence-corrected chi connectivity index (χ4v) is 0.767. The van der Waals surface area contributed by atoms with Gasteiger partial charge < -0.3 is 4.74 Å². The first-order valence-electron chi connectivity index (χ1n) is 4.62. The highest BCUT2D eigenvalue weighted by Crippen LogP contribution is 2.26. The largest absolute Gasteiger partial charge is 0.459 e. The number of hydrogen-bond donors (Lipinski definition) is 0. The van der Waals surface area contributed by atoms with E-state index >= 15 is 0 Å². The summed E-state index contributed by atoms with van der Waals surface area (Å²) in [6, 6.07) is 0. The normalized spacial score (nSPS) is 16.1. The van der Waals surface area contributed by atoms with E-state index in [4.69, 9.17) is 4.74 Å². The number of carbonyl (C=O) groups excluding carboxylic acids is 1. The number of rotatable bonds is 3. The number of hydrogen-bond acceptors (Lipinski definition) is 2. The first-order valence-corrected chi connectivity index (χ1v) is 4.62. The van der Waals surface area contributed by atoms with Crippen molar-refractivity contribution in [3.8, 4) is 0 Å². The molecule has 0 rings (SSSR count). The minimum absolute atomic E-state index is 0.197. The molecule has 0 saturated heterocycles. The van der Waals surface area contributed by atoms with Crippen LogP contribution >= 0.6 is 0 Å². The summed E-state index contributed by atoms with van der Waals surface area (Å²) in [7, 11) is 0. The van der Waals surface area contributed by atoms with Crippen LogP contribution < -0.4 is 0 Å². The molecular formula is C11H20O2. The van der Waals surface area contributed by atoms with Crippen LogP contribution in [0.3, 0.4) is 0 Å². The van der Waals surface area contributed by atoms with Gasteiger partial charge >= 0.3 is 5.97 Å². The molecule has 0 unspecified atom stereocenters. The lowest BCUT2D eigenvalue weighted by atomic mass is 9.88. The van der Waals surface area contributed by atoms with Crippen molar-refractivity contribution in [2.24, 2.45) is 5.41 Å². The third-order valence-corrected chi connectivity index (χ3v) is 2.05. The number of carbonyl (C=O) groups is 1. The molecule has 2 nitrogen and oxygen atoms in total. The fourth-order valence-electron chi connectivity index (χ4n) is 0.767. The zero-order valence-corrected chi connectivity index (χ0v) is 9.31. The average molecular weight is 184 g/mol. The molecule has 0 spiro atoms. The third-order valence-electron chi connectivity index (χ3n) is 2.05. The first kappa shape index (κ1) is 12.2. The Bertz CT molecular complexity index is 201. The van der Waals surface area contributed by atoms with E-state index in [2.05, 4.69) is 6.58 Å². The maximum atomic E-state index is 11.6. The molecule has 1 atom stereocenters. The number of esters is 1. The third kappa shape index (κ3) is 3.62. The molecule has 0 heterocycles. The molecule has 0 aliphatic carbocycles. The highest BCUT2D eigenvalue weighted by atomic mass is 16.6. The van der Waals surface area contributed by atoms with Gasteiger partial charge in [-0.1, -0.05) is 13.0 Å². The van der Waals surface area contributed by atoms with Gasteiger partial charge in [-0.2, -0.15) is 0 Å². The van der Waals surface area contributed by atoms with Crippen molar-refractivity contribution in [3.05, 3.63) is 12.7 Å². The summed E-state index contributed by atoms with van der Waals surface area (Å²) in [6.45, 7) is 13.0. The maximum absolute atomic E-state index is 11.6. The fraction of sp³-hybridized carbons (Fsp3) is 0.727. The summed E-state index contributed by atoms with van der Waals surface area (Å²) >= 11 is 0. The SMILES string of the molecule is C=C[C@](C)(CC)C(=O)OC(C)(C)C. The summed E-state index contributed by atoms with van der Waals surface area (Å²) < 4.78 is 5.27. The maximum Gasteiger partial charge on any atom is 0.316 e. The van der Waals surface area contributed by atoms with Gasteiger partial charge in [0.2, 0.25) is 0 Å². The molecule has 0 aromatic rings. The molecule has 0 aliphatic heterocycles. The van der Waals surface area contributed by atoms with Crippen LogP contribution in [0, 0.1) is 5.41 Å². The van der Waals surface area contributed by atoms with Gasteiger partial charge in [-0.05, 0) is 34.1 Å². The molecule has 0 radical (unpaired) electrons. The second-order valence-electron chi connectivity index (χ2n) is 4.48. The Balaban J connectivity index is 4.50. The van der Waals surface area contributed by atoms with Crippen molar-refractivity contribution >= 4 is 5.97 Å². The predicted octanol–water partition coefficient (Wildman–Crippen LogP) is 2.93. The number of ether oxygens (including phenoxy) is 1. The minimum Gasteiger partial charge on any atom is -0.459 e. The van der Waals surface area contributed by atoms with Gasteiger partial charge in [0, 0.05) is 0 Å². The van der Waals surface area contributed by atoms with E-state index in [1.54, 1.807) is 6.08 Å². The summed E-state index contributed by atoms with van der Waals surface area (Å²) in [5.41, 5.74) is -0.968. The predicted molar refractivity (Wildman–Crippen MR) is 54.4 cm³/mol. The van der Waals surface area contributed by atoms with Gasteiger partial charge in [0.05, 0.1) is 5.41 Å². The summed E-state index contributed by atoms with van der Waals surface area (Å²) in [5, 5.41) is 0. The molecule has 76 valence electrons. The Kier molecular flexibility index (Phi) is 3.71. The molecule has 0 amide bonds. The molecule has 2 heteroatoms. The van der Waals surface area contributed by atoms with E-state index in [0.717, 1.165) is 0 Å². The van der Waals surface area contributed by atoms with E-state index < -0.39 is 11.0 Å². The van der Waals surface area contributed by atoms with E-state index in [0.29, 0.717) is 6.42 Å².